The number of nitrogen functional groups attached to an aromatic ring is 1. The first-order valence-electron chi connectivity index (χ1n) is 2.76. The summed E-state index contributed by atoms with van der Waals surface area (Å²) in [5, 5.41) is 7.33. The summed E-state index contributed by atoms with van der Waals surface area (Å²) in [7, 11) is 0. The van der Waals surface area contributed by atoms with Crippen molar-refractivity contribution in [2.24, 2.45) is 0 Å². The number of hydrogen-bond acceptors (Lipinski definition) is 4. The maximum atomic E-state index is 5.42. The number of nitrogens with two attached hydrogens (primary N) is 1. The van der Waals surface area contributed by atoms with Crippen molar-refractivity contribution in [3.8, 4) is 0 Å². The van der Waals surface area contributed by atoms with Gasteiger partial charge in [0.2, 0.25) is 0 Å². The smallest absolute Gasteiger partial charge is 0.148 e. The minimum Gasteiger partial charge on any atom is -0.382 e. The average Bonchev–Trinajstić information content (AvgIpc) is 1.89. The molecule has 0 saturated heterocycles. The summed E-state index contributed by atoms with van der Waals surface area (Å²) in [6.07, 6.45) is 2.13. The SMILES string of the molecule is CCc1nncnc1N. The van der Waals surface area contributed by atoms with E-state index in [1.54, 1.807) is 0 Å². The van der Waals surface area contributed by atoms with Gasteiger partial charge in [-0.05, 0) is 6.42 Å². The van der Waals surface area contributed by atoms with E-state index in [9.17, 15) is 0 Å². The fourth-order valence-corrected chi connectivity index (χ4v) is 0.561. The third kappa shape index (κ3) is 1.13. The van der Waals surface area contributed by atoms with E-state index in [0.29, 0.717) is 5.82 Å². The highest BCUT2D eigenvalue weighted by molar-refractivity contribution is 5.31. The maximum Gasteiger partial charge on any atom is 0.148 e. The lowest BCUT2D eigenvalue weighted by molar-refractivity contribution is 0.885. The fourth-order valence-electron chi connectivity index (χ4n) is 0.561. The Kier molecular flexibility index (Phi) is 1.58. The second kappa shape index (κ2) is 2.39. The van der Waals surface area contributed by atoms with Gasteiger partial charge in [0.25, 0.3) is 0 Å². The quantitative estimate of drug-likeness (QED) is 0.573. The minimum atomic E-state index is 0.479. The molecule has 2 N–H and O–H groups in total. The fraction of sp³-hybridized carbons (Fsp3) is 0.400. The molecule has 0 aliphatic rings. The number of anilines is 1. The van der Waals surface area contributed by atoms with Crippen molar-refractivity contribution in [3.63, 3.8) is 0 Å². The molecule has 0 saturated carbocycles. The highest BCUT2D eigenvalue weighted by Crippen LogP contribution is 1.99. The summed E-state index contributed by atoms with van der Waals surface area (Å²) in [6, 6.07) is 0. The Bertz CT molecular complexity index is 198. The van der Waals surface area contributed by atoms with E-state index >= 15 is 0 Å². The van der Waals surface area contributed by atoms with E-state index in [1.165, 1.54) is 6.33 Å². The number of rotatable bonds is 1. The standard InChI is InChI=1S/C5H8N4/c1-2-4-5(6)7-3-8-9-4/h3H,2H2,1H3,(H2,6,7,8). The van der Waals surface area contributed by atoms with Gasteiger partial charge in [0.05, 0.1) is 0 Å². The molecule has 0 atom stereocenters. The molecule has 4 nitrogen and oxygen atoms in total. The molecule has 1 aromatic heterocycles. The molecule has 0 unspecified atom stereocenters. The Morgan fingerprint density at radius 2 is 2.44 bits per heavy atom. The lowest BCUT2D eigenvalue weighted by atomic mass is 10.3. The molecule has 0 amide bonds. The third-order valence-corrected chi connectivity index (χ3v) is 1.06. The zero-order valence-electron chi connectivity index (χ0n) is 5.20. The van der Waals surface area contributed by atoms with Gasteiger partial charge >= 0.3 is 0 Å². The van der Waals surface area contributed by atoms with Crippen LogP contribution < -0.4 is 5.73 Å². The van der Waals surface area contributed by atoms with Gasteiger partial charge in [-0.15, -0.1) is 5.10 Å². The van der Waals surface area contributed by atoms with Crippen LogP contribution in [0.15, 0.2) is 6.33 Å². The van der Waals surface area contributed by atoms with Crippen LogP contribution in [-0.4, -0.2) is 15.2 Å². The molecule has 1 heterocycles. The number of hydrogen-bond donors (Lipinski definition) is 1. The normalized spacial score (nSPS) is 9.44. The van der Waals surface area contributed by atoms with E-state index in [2.05, 4.69) is 15.2 Å². The topological polar surface area (TPSA) is 64.7 Å². The molecule has 9 heavy (non-hydrogen) atoms. The van der Waals surface area contributed by atoms with Crippen LogP contribution in [0.25, 0.3) is 0 Å². The largest absolute Gasteiger partial charge is 0.382 e. The number of nitrogens with zero attached hydrogens (tertiary/aromatic N) is 3. The Morgan fingerprint density at radius 3 is 2.89 bits per heavy atom. The molecule has 0 spiro atoms. The lowest BCUT2D eigenvalue weighted by Crippen LogP contribution is -2.00. The zero-order valence-corrected chi connectivity index (χ0v) is 5.20. The van der Waals surface area contributed by atoms with Crippen molar-refractivity contribution in [2.45, 2.75) is 13.3 Å². The summed E-state index contributed by atoms with van der Waals surface area (Å²) >= 11 is 0. The molecule has 0 aromatic carbocycles. The summed E-state index contributed by atoms with van der Waals surface area (Å²) in [6.45, 7) is 1.96. The zero-order chi connectivity index (χ0) is 6.69. The van der Waals surface area contributed by atoms with Crippen molar-refractivity contribution >= 4 is 5.82 Å². The maximum absolute atomic E-state index is 5.42. The van der Waals surface area contributed by atoms with Gasteiger partial charge in [-0.1, -0.05) is 6.92 Å². The van der Waals surface area contributed by atoms with Gasteiger partial charge in [-0.3, -0.25) is 0 Å². The molecular formula is C5H8N4. The highest BCUT2D eigenvalue weighted by Gasteiger charge is 1.95. The van der Waals surface area contributed by atoms with E-state index < -0.39 is 0 Å². The Labute approximate surface area is 53.1 Å². The molecule has 1 aromatic rings. The molecule has 0 aliphatic heterocycles. The molecule has 0 aliphatic carbocycles. The van der Waals surface area contributed by atoms with E-state index in [1.807, 2.05) is 6.92 Å². The van der Waals surface area contributed by atoms with Crippen LogP contribution in [0.4, 0.5) is 5.82 Å². The first-order chi connectivity index (χ1) is 4.34. The van der Waals surface area contributed by atoms with Gasteiger partial charge in [0, 0.05) is 0 Å². The average molecular weight is 124 g/mol. The lowest BCUT2D eigenvalue weighted by Gasteiger charge is -1.94. The Balaban J connectivity index is 3.01. The molecule has 4 heteroatoms. The summed E-state index contributed by atoms with van der Waals surface area (Å²) in [4.78, 5) is 3.75. The molecule has 1 rings (SSSR count). The monoisotopic (exact) mass is 124 g/mol. The molecule has 0 radical (unpaired) electrons. The van der Waals surface area contributed by atoms with E-state index in [0.717, 1.165) is 12.1 Å². The van der Waals surface area contributed by atoms with Crippen LogP contribution in [0.1, 0.15) is 12.6 Å². The minimum absolute atomic E-state index is 0.479. The first-order valence-corrected chi connectivity index (χ1v) is 2.76. The van der Waals surface area contributed by atoms with Crippen LogP contribution >= 0.6 is 0 Å². The number of aromatic nitrogens is 3. The predicted octanol–water partition coefficient (Wildman–Crippen LogP) is 0.0162. The second-order valence-electron chi connectivity index (χ2n) is 1.65. The second-order valence-corrected chi connectivity index (χ2v) is 1.65. The molecule has 0 fully saturated rings. The van der Waals surface area contributed by atoms with Crippen molar-refractivity contribution < 1.29 is 0 Å². The van der Waals surface area contributed by atoms with E-state index in [-0.39, 0.29) is 0 Å². The molecule has 48 valence electrons. The van der Waals surface area contributed by atoms with Crippen molar-refractivity contribution in [1.82, 2.24) is 15.2 Å². The van der Waals surface area contributed by atoms with Crippen molar-refractivity contribution in [1.29, 1.82) is 0 Å². The Hall–Kier alpha value is -1.19. The van der Waals surface area contributed by atoms with Gasteiger partial charge < -0.3 is 5.73 Å². The van der Waals surface area contributed by atoms with Crippen molar-refractivity contribution in [2.75, 3.05) is 5.73 Å². The molecular weight excluding hydrogens is 116 g/mol. The first kappa shape index (κ1) is 5.94. The Morgan fingerprint density at radius 1 is 1.67 bits per heavy atom. The van der Waals surface area contributed by atoms with Gasteiger partial charge in [-0.2, -0.15) is 5.10 Å². The van der Waals surface area contributed by atoms with Gasteiger partial charge in [0.1, 0.15) is 17.8 Å². The molecule has 0 bridgehead atoms. The third-order valence-electron chi connectivity index (χ3n) is 1.06. The summed E-state index contributed by atoms with van der Waals surface area (Å²) in [5.74, 6) is 0.479. The van der Waals surface area contributed by atoms with Gasteiger partial charge in [-0.25, -0.2) is 4.98 Å². The van der Waals surface area contributed by atoms with Crippen LogP contribution in [0.3, 0.4) is 0 Å². The van der Waals surface area contributed by atoms with Crippen LogP contribution in [0.5, 0.6) is 0 Å². The van der Waals surface area contributed by atoms with E-state index in [4.69, 9.17) is 5.73 Å². The predicted molar refractivity (Wildman–Crippen MR) is 33.6 cm³/mol. The summed E-state index contributed by atoms with van der Waals surface area (Å²) in [5.41, 5.74) is 6.18. The van der Waals surface area contributed by atoms with Crippen molar-refractivity contribution in [3.05, 3.63) is 12.0 Å². The van der Waals surface area contributed by atoms with Crippen LogP contribution in [-0.2, 0) is 6.42 Å². The van der Waals surface area contributed by atoms with Crippen LogP contribution in [0, 0.1) is 0 Å². The summed E-state index contributed by atoms with van der Waals surface area (Å²) < 4.78 is 0. The highest BCUT2D eigenvalue weighted by atomic mass is 15.1. The van der Waals surface area contributed by atoms with Gasteiger partial charge in [0.15, 0.2) is 0 Å². The van der Waals surface area contributed by atoms with Crippen LogP contribution in [0.2, 0.25) is 0 Å². The number of aryl methyl sites for hydroxylation is 1.